The molecule has 1 aromatic rings. The van der Waals surface area contributed by atoms with Crippen LogP contribution in [-0.2, 0) is 0 Å². The maximum Gasteiger partial charge on any atom is 0.130 e. The molecule has 0 saturated carbocycles. The maximum atomic E-state index is 13.6. The van der Waals surface area contributed by atoms with E-state index in [1.807, 2.05) is 18.7 Å². The van der Waals surface area contributed by atoms with E-state index in [-0.39, 0.29) is 6.04 Å². The molecule has 1 heterocycles. The van der Waals surface area contributed by atoms with Crippen LogP contribution in [0.15, 0.2) is 18.2 Å². The summed E-state index contributed by atoms with van der Waals surface area (Å²) in [6.45, 7) is 2.84. The van der Waals surface area contributed by atoms with Crippen molar-refractivity contribution in [3.8, 4) is 0 Å². The number of thioether (sulfide) groups is 1. The lowest BCUT2D eigenvalue weighted by Crippen LogP contribution is -2.28. The Labute approximate surface area is 111 Å². The summed E-state index contributed by atoms with van der Waals surface area (Å²) < 4.78 is 26.4. The molecule has 0 radical (unpaired) electrons. The van der Waals surface area contributed by atoms with Crippen molar-refractivity contribution in [3.63, 3.8) is 0 Å². The summed E-state index contributed by atoms with van der Waals surface area (Å²) in [6, 6.07) is 3.72. The molecule has 1 N–H and O–H groups in total. The van der Waals surface area contributed by atoms with Gasteiger partial charge < -0.3 is 5.32 Å². The summed E-state index contributed by atoms with van der Waals surface area (Å²) in [5.41, 5.74) is 0.543. The molecule has 18 heavy (non-hydrogen) atoms. The van der Waals surface area contributed by atoms with E-state index >= 15 is 0 Å². The van der Waals surface area contributed by atoms with Crippen LogP contribution in [0.3, 0.4) is 0 Å². The first kappa shape index (κ1) is 13.8. The molecule has 0 aliphatic carbocycles. The highest BCUT2D eigenvalue weighted by Gasteiger charge is 2.16. The van der Waals surface area contributed by atoms with Gasteiger partial charge in [-0.25, -0.2) is 8.78 Å². The van der Waals surface area contributed by atoms with Gasteiger partial charge in [0.25, 0.3) is 0 Å². The molecule has 1 aromatic carbocycles. The van der Waals surface area contributed by atoms with E-state index in [4.69, 9.17) is 0 Å². The molecule has 100 valence electrons. The van der Waals surface area contributed by atoms with E-state index in [9.17, 15) is 8.78 Å². The molecule has 0 amide bonds. The van der Waals surface area contributed by atoms with Crippen LogP contribution in [0.5, 0.6) is 0 Å². The Bertz CT molecular complexity index is 391. The summed E-state index contributed by atoms with van der Waals surface area (Å²) in [4.78, 5) is 0. The Morgan fingerprint density at radius 1 is 1.33 bits per heavy atom. The van der Waals surface area contributed by atoms with Crippen molar-refractivity contribution in [1.82, 2.24) is 5.32 Å². The van der Waals surface area contributed by atoms with E-state index in [1.54, 1.807) is 0 Å². The molecule has 4 heteroatoms. The summed E-state index contributed by atoms with van der Waals surface area (Å²) in [5.74, 6) is 2.16. The number of halogens is 2. The lowest BCUT2D eigenvalue weighted by atomic mass is 10.0. The van der Waals surface area contributed by atoms with Crippen molar-refractivity contribution in [2.24, 2.45) is 5.92 Å². The van der Waals surface area contributed by atoms with Crippen LogP contribution in [0, 0.1) is 17.6 Å². The van der Waals surface area contributed by atoms with Gasteiger partial charge in [-0.1, -0.05) is 6.07 Å². The maximum absolute atomic E-state index is 13.6. The fourth-order valence-corrected chi connectivity index (χ4v) is 3.46. The van der Waals surface area contributed by atoms with Crippen LogP contribution in [0.4, 0.5) is 8.78 Å². The van der Waals surface area contributed by atoms with Crippen LogP contribution in [0.2, 0.25) is 0 Å². The monoisotopic (exact) mass is 271 g/mol. The van der Waals surface area contributed by atoms with E-state index in [0.29, 0.717) is 11.5 Å². The number of hydrogen-bond donors (Lipinski definition) is 1. The topological polar surface area (TPSA) is 12.0 Å². The van der Waals surface area contributed by atoms with Crippen LogP contribution in [0.25, 0.3) is 0 Å². The zero-order chi connectivity index (χ0) is 13.0. The molecule has 1 nitrogen and oxygen atoms in total. The second-order valence-corrected chi connectivity index (χ2v) is 6.08. The fourth-order valence-electron chi connectivity index (χ4n) is 2.26. The van der Waals surface area contributed by atoms with Crippen molar-refractivity contribution in [2.75, 3.05) is 18.1 Å². The zero-order valence-electron chi connectivity index (χ0n) is 10.6. The van der Waals surface area contributed by atoms with Crippen LogP contribution >= 0.6 is 11.8 Å². The van der Waals surface area contributed by atoms with E-state index in [2.05, 4.69) is 5.32 Å². The average Bonchev–Trinajstić information content (AvgIpc) is 2.37. The predicted molar refractivity (Wildman–Crippen MR) is 72.8 cm³/mol. The van der Waals surface area contributed by atoms with Crippen molar-refractivity contribution in [1.29, 1.82) is 0 Å². The van der Waals surface area contributed by atoms with E-state index in [1.165, 1.54) is 36.5 Å². The summed E-state index contributed by atoms with van der Waals surface area (Å²) >= 11 is 2.00. The fraction of sp³-hybridized carbons (Fsp3) is 0.571. The van der Waals surface area contributed by atoms with Gasteiger partial charge in [-0.15, -0.1) is 0 Å². The Morgan fingerprint density at radius 2 is 2.06 bits per heavy atom. The third-order valence-electron chi connectivity index (χ3n) is 3.48. The highest BCUT2D eigenvalue weighted by Crippen LogP contribution is 2.23. The minimum atomic E-state index is -0.521. The van der Waals surface area contributed by atoms with Crippen LogP contribution in [-0.4, -0.2) is 18.1 Å². The Hall–Kier alpha value is -0.610. The van der Waals surface area contributed by atoms with Gasteiger partial charge in [0, 0.05) is 17.7 Å². The van der Waals surface area contributed by atoms with Crippen molar-refractivity contribution in [2.45, 2.75) is 25.8 Å². The number of rotatable bonds is 4. The molecule has 2 rings (SSSR count). The average molecular weight is 271 g/mol. The third kappa shape index (κ3) is 3.69. The standard InChI is InChI=1S/C14H19F2NS/c1-10(13-3-2-12(15)8-14(13)16)17-9-11-4-6-18-7-5-11/h2-3,8,10-11,17H,4-7,9H2,1H3. The van der Waals surface area contributed by atoms with Gasteiger partial charge in [-0.05, 0) is 49.8 Å². The van der Waals surface area contributed by atoms with E-state index < -0.39 is 11.6 Å². The molecule has 1 atom stereocenters. The van der Waals surface area contributed by atoms with Gasteiger partial charge in [0.15, 0.2) is 0 Å². The predicted octanol–water partition coefficient (Wildman–Crippen LogP) is 3.76. The van der Waals surface area contributed by atoms with E-state index in [0.717, 1.165) is 12.6 Å². The van der Waals surface area contributed by atoms with Crippen molar-refractivity contribution >= 4 is 11.8 Å². The Kier molecular flexibility index (Phi) is 5.01. The summed E-state index contributed by atoms with van der Waals surface area (Å²) in [5, 5.41) is 3.36. The minimum Gasteiger partial charge on any atom is -0.310 e. The second-order valence-electron chi connectivity index (χ2n) is 4.85. The number of hydrogen-bond acceptors (Lipinski definition) is 2. The van der Waals surface area contributed by atoms with Crippen LogP contribution < -0.4 is 5.32 Å². The van der Waals surface area contributed by atoms with Gasteiger partial charge in [-0.2, -0.15) is 11.8 Å². The number of nitrogens with one attached hydrogen (secondary N) is 1. The minimum absolute atomic E-state index is 0.0693. The summed E-state index contributed by atoms with van der Waals surface area (Å²) in [6.07, 6.45) is 2.46. The first-order chi connectivity index (χ1) is 8.66. The first-order valence-electron chi connectivity index (χ1n) is 6.43. The zero-order valence-corrected chi connectivity index (χ0v) is 11.4. The first-order valence-corrected chi connectivity index (χ1v) is 7.58. The molecule has 0 spiro atoms. The molecule has 1 aliphatic rings. The quantitative estimate of drug-likeness (QED) is 0.895. The Morgan fingerprint density at radius 3 is 2.72 bits per heavy atom. The SMILES string of the molecule is CC(NCC1CCSCC1)c1ccc(F)cc1F. The highest BCUT2D eigenvalue weighted by molar-refractivity contribution is 7.99. The smallest absolute Gasteiger partial charge is 0.130 e. The van der Waals surface area contributed by atoms with Gasteiger partial charge in [0.05, 0.1) is 0 Å². The normalized spacial score (nSPS) is 18.8. The van der Waals surface area contributed by atoms with Gasteiger partial charge >= 0.3 is 0 Å². The van der Waals surface area contributed by atoms with Gasteiger partial charge in [0.1, 0.15) is 11.6 Å². The summed E-state index contributed by atoms with van der Waals surface area (Å²) in [7, 11) is 0. The molecule has 1 saturated heterocycles. The second kappa shape index (κ2) is 6.53. The highest BCUT2D eigenvalue weighted by atomic mass is 32.2. The molecular weight excluding hydrogens is 252 g/mol. The molecule has 1 unspecified atom stereocenters. The lowest BCUT2D eigenvalue weighted by Gasteiger charge is -2.24. The van der Waals surface area contributed by atoms with Crippen molar-refractivity contribution < 1.29 is 8.78 Å². The Balaban J connectivity index is 1.88. The molecule has 1 fully saturated rings. The number of benzene rings is 1. The molecule has 0 bridgehead atoms. The molecule has 1 aliphatic heterocycles. The van der Waals surface area contributed by atoms with Gasteiger partial charge in [-0.3, -0.25) is 0 Å². The lowest BCUT2D eigenvalue weighted by molar-refractivity contribution is 0.414. The van der Waals surface area contributed by atoms with Crippen molar-refractivity contribution in [3.05, 3.63) is 35.4 Å². The largest absolute Gasteiger partial charge is 0.310 e. The molecular formula is C14H19F2NS. The van der Waals surface area contributed by atoms with Gasteiger partial charge in [0.2, 0.25) is 0 Å². The molecule has 0 aromatic heterocycles. The third-order valence-corrected chi connectivity index (χ3v) is 4.53. The van der Waals surface area contributed by atoms with Crippen LogP contribution in [0.1, 0.15) is 31.4 Å².